The predicted octanol–water partition coefficient (Wildman–Crippen LogP) is 1.88. The van der Waals surface area contributed by atoms with E-state index in [0.29, 0.717) is 37.4 Å². The van der Waals surface area contributed by atoms with E-state index in [1.54, 1.807) is 12.3 Å². The molecule has 2 atom stereocenters. The molecule has 33 heavy (non-hydrogen) atoms. The van der Waals surface area contributed by atoms with Gasteiger partial charge in [0.2, 0.25) is 0 Å². The van der Waals surface area contributed by atoms with Crippen LogP contribution in [0.3, 0.4) is 0 Å². The highest BCUT2D eigenvalue weighted by Crippen LogP contribution is 2.37. The van der Waals surface area contributed by atoms with Crippen LogP contribution in [0.4, 0.5) is 20.3 Å². The molecular formula is C22H22F2N6O3. The standard InChI is InChI=1S/C22H22F2N6O3/c23-13-3-4-16(24)15(10-13)18-2-1-7-29(18)19-6-9-30-20(27-19)17(11-25-30)26-21(32)22(33)28-8-5-14(31)12-28/h3-4,6,9-11,14,18,31H,1-2,5,7-8,12H2,(H,26,32)/t14-,18+/m0/s1. The molecule has 0 radical (unpaired) electrons. The fourth-order valence-electron chi connectivity index (χ4n) is 4.49. The summed E-state index contributed by atoms with van der Waals surface area (Å²) in [5.74, 6) is -2.02. The number of aromatic nitrogens is 3. The lowest BCUT2D eigenvalue weighted by Gasteiger charge is -2.26. The van der Waals surface area contributed by atoms with E-state index >= 15 is 0 Å². The molecule has 2 amide bonds. The summed E-state index contributed by atoms with van der Waals surface area (Å²) in [6.45, 7) is 1.05. The van der Waals surface area contributed by atoms with Gasteiger partial charge >= 0.3 is 11.8 Å². The number of fused-ring (bicyclic) bond motifs is 1. The monoisotopic (exact) mass is 456 g/mol. The topological polar surface area (TPSA) is 103 Å². The molecule has 4 heterocycles. The number of benzene rings is 1. The van der Waals surface area contributed by atoms with Gasteiger partial charge in [-0.25, -0.2) is 18.3 Å². The number of anilines is 2. The van der Waals surface area contributed by atoms with E-state index in [1.807, 2.05) is 4.90 Å². The molecule has 9 nitrogen and oxygen atoms in total. The Morgan fingerprint density at radius 2 is 2.00 bits per heavy atom. The summed E-state index contributed by atoms with van der Waals surface area (Å²) < 4.78 is 29.7. The van der Waals surface area contributed by atoms with E-state index in [2.05, 4.69) is 15.4 Å². The van der Waals surface area contributed by atoms with Crippen LogP contribution in [0.15, 0.2) is 36.7 Å². The van der Waals surface area contributed by atoms with E-state index < -0.39 is 29.6 Å². The molecule has 0 bridgehead atoms. The van der Waals surface area contributed by atoms with Gasteiger partial charge in [0.15, 0.2) is 5.65 Å². The van der Waals surface area contributed by atoms with Gasteiger partial charge in [-0.3, -0.25) is 9.59 Å². The molecule has 3 aromatic rings. The molecular weight excluding hydrogens is 434 g/mol. The van der Waals surface area contributed by atoms with Crippen molar-refractivity contribution in [3.63, 3.8) is 0 Å². The molecule has 2 aliphatic rings. The van der Waals surface area contributed by atoms with Crippen molar-refractivity contribution in [3.05, 3.63) is 53.9 Å². The van der Waals surface area contributed by atoms with E-state index in [4.69, 9.17) is 0 Å². The third-order valence-corrected chi connectivity index (χ3v) is 6.11. The average Bonchev–Trinajstić information content (AvgIpc) is 3.55. The number of carbonyl (C=O) groups excluding carboxylic acids is 2. The number of amides is 2. The number of nitrogens with zero attached hydrogens (tertiary/aromatic N) is 5. The molecule has 2 aromatic heterocycles. The molecule has 0 saturated carbocycles. The minimum atomic E-state index is -0.841. The van der Waals surface area contributed by atoms with Crippen molar-refractivity contribution in [2.24, 2.45) is 0 Å². The van der Waals surface area contributed by atoms with Gasteiger partial charge in [-0.15, -0.1) is 0 Å². The molecule has 2 N–H and O–H groups in total. The van der Waals surface area contributed by atoms with Crippen molar-refractivity contribution < 1.29 is 23.5 Å². The molecule has 1 aromatic carbocycles. The summed E-state index contributed by atoms with van der Waals surface area (Å²) in [6.07, 6.45) is 4.29. The zero-order valence-corrected chi connectivity index (χ0v) is 17.6. The highest BCUT2D eigenvalue weighted by molar-refractivity contribution is 6.39. The number of β-amino-alcohol motifs (C(OH)–C–C–N with tert-alkyl or cyclic N) is 1. The van der Waals surface area contributed by atoms with Crippen molar-refractivity contribution in [1.29, 1.82) is 0 Å². The van der Waals surface area contributed by atoms with Crippen molar-refractivity contribution in [3.8, 4) is 0 Å². The quantitative estimate of drug-likeness (QED) is 0.584. The Labute approximate surface area is 187 Å². The molecule has 0 spiro atoms. The minimum absolute atomic E-state index is 0.121. The van der Waals surface area contributed by atoms with Gasteiger partial charge in [0.05, 0.1) is 18.3 Å². The lowest BCUT2D eigenvalue weighted by atomic mass is 10.0. The number of halogens is 2. The van der Waals surface area contributed by atoms with E-state index in [0.717, 1.165) is 18.6 Å². The Morgan fingerprint density at radius 1 is 1.15 bits per heavy atom. The third-order valence-electron chi connectivity index (χ3n) is 6.11. The number of rotatable bonds is 3. The number of hydrogen-bond acceptors (Lipinski definition) is 6. The maximum absolute atomic E-state index is 14.4. The average molecular weight is 456 g/mol. The zero-order valence-electron chi connectivity index (χ0n) is 17.6. The minimum Gasteiger partial charge on any atom is -0.391 e. The second-order valence-electron chi connectivity index (χ2n) is 8.28. The van der Waals surface area contributed by atoms with Gasteiger partial charge in [-0.1, -0.05) is 0 Å². The van der Waals surface area contributed by atoms with Crippen molar-refractivity contribution >= 4 is 29.0 Å². The molecule has 2 saturated heterocycles. The largest absolute Gasteiger partial charge is 0.391 e. The summed E-state index contributed by atoms with van der Waals surface area (Å²) in [6, 6.07) is 4.77. The van der Waals surface area contributed by atoms with Gasteiger partial charge in [0.25, 0.3) is 0 Å². The van der Waals surface area contributed by atoms with Crippen LogP contribution >= 0.6 is 0 Å². The molecule has 172 valence electrons. The number of hydrogen-bond donors (Lipinski definition) is 2. The van der Waals surface area contributed by atoms with E-state index in [-0.39, 0.29) is 23.8 Å². The molecule has 5 rings (SSSR count). The fraction of sp³-hybridized carbons (Fsp3) is 0.364. The highest BCUT2D eigenvalue weighted by Gasteiger charge is 2.31. The first-order valence-electron chi connectivity index (χ1n) is 10.7. The Kier molecular flexibility index (Phi) is 5.41. The molecule has 11 heteroatoms. The second-order valence-corrected chi connectivity index (χ2v) is 8.28. The zero-order chi connectivity index (χ0) is 23.1. The van der Waals surface area contributed by atoms with Crippen molar-refractivity contribution in [2.45, 2.75) is 31.4 Å². The van der Waals surface area contributed by atoms with Crippen LogP contribution in [0.25, 0.3) is 5.65 Å². The van der Waals surface area contributed by atoms with Gasteiger partial charge < -0.3 is 20.2 Å². The maximum atomic E-state index is 14.4. The molecule has 2 fully saturated rings. The van der Waals surface area contributed by atoms with Crippen molar-refractivity contribution in [1.82, 2.24) is 19.5 Å². The summed E-state index contributed by atoms with van der Waals surface area (Å²) in [4.78, 5) is 32.6. The summed E-state index contributed by atoms with van der Waals surface area (Å²) in [5.41, 5.74) is 0.845. The first kappa shape index (κ1) is 21.3. The lowest BCUT2D eigenvalue weighted by molar-refractivity contribution is -0.142. The number of carbonyl (C=O) groups is 2. The summed E-state index contributed by atoms with van der Waals surface area (Å²) in [5, 5.41) is 16.3. The smallest absolute Gasteiger partial charge is 0.314 e. The SMILES string of the molecule is O=C(Nc1cnn2ccc(N3CCC[C@@H]3c3cc(F)ccc3F)nc12)C(=O)N1CC[C@H](O)C1. The predicted molar refractivity (Wildman–Crippen MR) is 114 cm³/mol. The lowest BCUT2D eigenvalue weighted by Crippen LogP contribution is -2.38. The van der Waals surface area contributed by atoms with Crippen LogP contribution in [-0.2, 0) is 9.59 Å². The first-order valence-corrected chi connectivity index (χ1v) is 10.7. The number of aliphatic hydroxyl groups is 1. The number of nitrogens with one attached hydrogen (secondary N) is 1. The second kappa shape index (κ2) is 8.39. The van der Waals surface area contributed by atoms with Crippen LogP contribution in [0.5, 0.6) is 0 Å². The number of aliphatic hydroxyl groups excluding tert-OH is 1. The Bertz CT molecular complexity index is 1230. The van der Waals surface area contributed by atoms with Crippen molar-refractivity contribution in [2.75, 3.05) is 29.9 Å². The normalized spacial score (nSPS) is 20.6. The Hall–Kier alpha value is -3.60. The maximum Gasteiger partial charge on any atom is 0.314 e. The van der Waals surface area contributed by atoms with Crippen LogP contribution in [0.1, 0.15) is 30.9 Å². The van der Waals surface area contributed by atoms with Crippen LogP contribution in [0.2, 0.25) is 0 Å². The van der Waals surface area contributed by atoms with Crippen LogP contribution in [0, 0.1) is 11.6 Å². The highest BCUT2D eigenvalue weighted by atomic mass is 19.1. The van der Waals surface area contributed by atoms with Crippen LogP contribution in [-0.4, -0.2) is 62.2 Å². The fourth-order valence-corrected chi connectivity index (χ4v) is 4.49. The molecule has 0 unspecified atom stereocenters. The van der Waals surface area contributed by atoms with E-state index in [9.17, 15) is 23.5 Å². The van der Waals surface area contributed by atoms with Gasteiger partial charge in [-0.2, -0.15) is 5.10 Å². The molecule has 0 aliphatic carbocycles. The Balaban J connectivity index is 1.40. The summed E-state index contributed by atoms with van der Waals surface area (Å²) in [7, 11) is 0. The third kappa shape index (κ3) is 3.99. The Morgan fingerprint density at radius 3 is 2.79 bits per heavy atom. The van der Waals surface area contributed by atoms with E-state index in [1.165, 1.54) is 21.7 Å². The first-order chi connectivity index (χ1) is 15.9. The van der Waals surface area contributed by atoms with Gasteiger partial charge in [0.1, 0.15) is 23.1 Å². The number of likely N-dealkylation sites (tertiary alicyclic amines) is 1. The van der Waals surface area contributed by atoms with Gasteiger partial charge in [0, 0.05) is 31.4 Å². The summed E-state index contributed by atoms with van der Waals surface area (Å²) >= 11 is 0. The van der Waals surface area contributed by atoms with Crippen LogP contribution < -0.4 is 10.2 Å². The van der Waals surface area contributed by atoms with Gasteiger partial charge in [-0.05, 0) is 43.5 Å². The molecule has 2 aliphatic heterocycles.